The zero-order valence-electron chi connectivity index (χ0n) is 16.6. The maximum absolute atomic E-state index is 12.8. The van der Waals surface area contributed by atoms with Crippen LogP contribution < -0.4 is 9.47 Å². The number of carbonyl (C=O) groups excluding carboxylic acids is 2. The van der Waals surface area contributed by atoms with Crippen LogP contribution in [0.5, 0.6) is 11.5 Å². The van der Waals surface area contributed by atoms with Gasteiger partial charge in [-0.05, 0) is 17.7 Å². The molecule has 9 heteroatoms. The van der Waals surface area contributed by atoms with Crippen LogP contribution >= 0.6 is 0 Å². The summed E-state index contributed by atoms with van der Waals surface area (Å²) in [4.78, 5) is 39.0. The first-order valence-electron chi connectivity index (χ1n) is 10.1. The molecule has 5 rings (SSSR count). The van der Waals surface area contributed by atoms with Gasteiger partial charge in [0.05, 0.1) is 12.1 Å². The molecule has 2 fully saturated rings. The Morgan fingerprint density at radius 3 is 2.57 bits per heavy atom. The molecule has 2 saturated heterocycles. The smallest absolute Gasteiger partial charge is 0.274 e. The molecule has 0 atom stereocenters. The van der Waals surface area contributed by atoms with E-state index in [-0.39, 0.29) is 24.5 Å². The number of carbonyl (C=O) groups is 2. The van der Waals surface area contributed by atoms with Crippen molar-refractivity contribution in [3.05, 3.63) is 48.0 Å². The van der Waals surface area contributed by atoms with Crippen LogP contribution in [-0.4, -0.2) is 82.5 Å². The van der Waals surface area contributed by atoms with Gasteiger partial charge < -0.3 is 19.3 Å². The van der Waals surface area contributed by atoms with E-state index in [4.69, 9.17) is 9.47 Å². The molecule has 4 heterocycles. The highest BCUT2D eigenvalue weighted by molar-refractivity contribution is 5.94. The van der Waals surface area contributed by atoms with E-state index in [0.717, 1.165) is 31.1 Å². The fourth-order valence-electron chi connectivity index (χ4n) is 4.05. The first-order valence-corrected chi connectivity index (χ1v) is 10.1. The summed E-state index contributed by atoms with van der Waals surface area (Å²) in [5.74, 6) is 1.45. The number of fused-ring (bicyclic) bond motifs is 1. The third-order valence-electron chi connectivity index (χ3n) is 5.83. The summed E-state index contributed by atoms with van der Waals surface area (Å²) < 4.78 is 10.8. The van der Waals surface area contributed by atoms with Crippen molar-refractivity contribution in [3.8, 4) is 11.5 Å². The zero-order chi connectivity index (χ0) is 20.5. The number of aromatic nitrogens is 2. The minimum Gasteiger partial charge on any atom is -0.454 e. The van der Waals surface area contributed by atoms with Gasteiger partial charge in [0.15, 0.2) is 11.5 Å². The third-order valence-corrected chi connectivity index (χ3v) is 5.83. The van der Waals surface area contributed by atoms with Gasteiger partial charge in [-0.15, -0.1) is 0 Å². The van der Waals surface area contributed by atoms with Crippen LogP contribution in [0, 0.1) is 5.92 Å². The average molecular weight is 409 g/mol. The molecule has 2 amide bonds. The van der Waals surface area contributed by atoms with Gasteiger partial charge in [0.1, 0.15) is 5.69 Å². The van der Waals surface area contributed by atoms with Crippen LogP contribution in [0.15, 0.2) is 36.8 Å². The minimum atomic E-state index is -0.166. The van der Waals surface area contributed by atoms with E-state index in [9.17, 15) is 9.59 Å². The second kappa shape index (κ2) is 7.91. The maximum Gasteiger partial charge on any atom is 0.274 e. The van der Waals surface area contributed by atoms with Crippen LogP contribution in [0.3, 0.4) is 0 Å². The summed E-state index contributed by atoms with van der Waals surface area (Å²) in [5.41, 5.74) is 1.50. The summed E-state index contributed by atoms with van der Waals surface area (Å²) in [6.45, 7) is 5.07. The molecule has 2 aromatic rings. The Hall–Kier alpha value is -3.20. The molecule has 0 bridgehead atoms. The molecule has 3 aliphatic heterocycles. The highest BCUT2D eigenvalue weighted by Crippen LogP contribution is 2.33. The molecule has 1 aromatic carbocycles. The van der Waals surface area contributed by atoms with E-state index < -0.39 is 0 Å². The Balaban J connectivity index is 1.09. The molecule has 0 saturated carbocycles. The molecule has 9 nitrogen and oxygen atoms in total. The number of rotatable bonds is 4. The molecule has 3 aliphatic rings. The number of amides is 2. The van der Waals surface area contributed by atoms with Gasteiger partial charge in [0, 0.05) is 58.2 Å². The Labute approximate surface area is 174 Å². The van der Waals surface area contributed by atoms with Gasteiger partial charge in [0.25, 0.3) is 5.91 Å². The van der Waals surface area contributed by atoms with E-state index in [1.807, 2.05) is 17.0 Å². The van der Waals surface area contributed by atoms with Gasteiger partial charge in [-0.25, -0.2) is 4.98 Å². The Morgan fingerprint density at radius 2 is 1.80 bits per heavy atom. The fourth-order valence-corrected chi connectivity index (χ4v) is 4.05. The lowest BCUT2D eigenvalue weighted by Crippen LogP contribution is -2.59. The molecule has 0 spiro atoms. The van der Waals surface area contributed by atoms with Crippen molar-refractivity contribution in [1.29, 1.82) is 0 Å². The highest BCUT2D eigenvalue weighted by Gasteiger charge is 2.39. The zero-order valence-corrected chi connectivity index (χ0v) is 16.6. The second-order valence-corrected chi connectivity index (χ2v) is 7.79. The predicted octanol–water partition coefficient (Wildman–Crippen LogP) is 0.622. The number of likely N-dealkylation sites (tertiary alicyclic amines) is 1. The van der Waals surface area contributed by atoms with Gasteiger partial charge in [-0.3, -0.25) is 19.5 Å². The number of piperazine rings is 1. The van der Waals surface area contributed by atoms with Crippen LogP contribution in [0.2, 0.25) is 0 Å². The number of ether oxygens (including phenoxy) is 2. The maximum atomic E-state index is 12.8. The predicted molar refractivity (Wildman–Crippen MR) is 106 cm³/mol. The molecule has 0 radical (unpaired) electrons. The second-order valence-electron chi connectivity index (χ2n) is 7.79. The summed E-state index contributed by atoms with van der Waals surface area (Å²) in [7, 11) is 0. The van der Waals surface area contributed by atoms with Crippen molar-refractivity contribution in [1.82, 2.24) is 24.7 Å². The normalized spacial score (nSPS) is 18.9. The van der Waals surface area contributed by atoms with E-state index in [2.05, 4.69) is 20.9 Å². The Morgan fingerprint density at radius 1 is 1.00 bits per heavy atom. The number of nitrogens with zero attached hydrogens (tertiary/aromatic N) is 5. The number of hydrogen-bond donors (Lipinski definition) is 0. The molecular formula is C21H23N5O4. The average Bonchev–Trinajstić information content (AvgIpc) is 3.21. The van der Waals surface area contributed by atoms with Crippen molar-refractivity contribution in [2.24, 2.45) is 5.92 Å². The summed E-state index contributed by atoms with van der Waals surface area (Å²) >= 11 is 0. The number of benzene rings is 1. The standard InChI is InChI=1S/C21H23N5O4/c27-20(16-12-26(13-16)21(28)17-10-22-3-4-23-17)25-7-5-24(6-8-25)11-15-1-2-18-19(9-15)30-14-29-18/h1-4,9-10,16H,5-8,11-14H2. The van der Waals surface area contributed by atoms with E-state index >= 15 is 0 Å². The highest BCUT2D eigenvalue weighted by atomic mass is 16.7. The molecular weight excluding hydrogens is 386 g/mol. The lowest BCUT2D eigenvalue weighted by atomic mass is 9.97. The van der Waals surface area contributed by atoms with Crippen molar-refractivity contribution in [3.63, 3.8) is 0 Å². The van der Waals surface area contributed by atoms with Gasteiger partial charge in [-0.2, -0.15) is 0 Å². The van der Waals surface area contributed by atoms with Gasteiger partial charge in [-0.1, -0.05) is 6.07 Å². The summed E-state index contributed by atoms with van der Waals surface area (Å²) in [6, 6.07) is 6.03. The number of hydrogen-bond acceptors (Lipinski definition) is 7. The quantitative estimate of drug-likeness (QED) is 0.732. The summed E-state index contributed by atoms with van der Waals surface area (Å²) in [5, 5.41) is 0. The largest absolute Gasteiger partial charge is 0.454 e. The molecule has 30 heavy (non-hydrogen) atoms. The minimum absolute atomic E-state index is 0.119. The molecule has 156 valence electrons. The Bertz CT molecular complexity index is 940. The van der Waals surface area contributed by atoms with Crippen molar-refractivity contribution < 1.29 is 19.1 Å². The first-order chi connectivity index (χ1) is 14.7. The molecule has 0 unspecified atom stereocenters. The van der Waals surface area contributed by atoms with Crippen LogP contribution in [-0.2, 0) is 11.3 Å². The van der Waals surface area contributed by atoms with Crippen LogP contribution in [0.1, 0.15) is 16.1 Å². The fraction of sp³-hybridized carbons (Fsp3) is 0.429. The SMILES string of the molecule is O=C(c1cnccn1)N1CC(C(=O)N2CCN(Cc3ccc4c(c3)OCO4)CC2)C1. The summed E-state index contributed by atoms with van der Waals surface area (Å²) in [6.07, 6.45) is 4.49. The topological polar surface area (TPSA) is 88.1 Å². The van der Waals surface area contributed by atoms with Crippen molar-refractivity contribution >= 4 is 11.8 Å². The van der Waals surface area contributed by atoms with E-state index in [0.29, 0.717) is 31.9 Å². The van der Waals surface area contributed by atoms with E-state index in [1.165, 1.54) is 24.2 Å². The monoisotopic (exact) mass is 409 g/mol. The lowest BCUT2D eigenvalue weighted by molar-refractivity contribution is -0.141. The van der Waals surface area contributed by atoms with Gasteiger partial charge in [0.2, 0.25) is 12.7 Å². The lowest BCUT2D eigenvalue weighted by Gasteiger charge is -2.42. The van der Waals surface area contributed by atoms with Crippen molar-refractivity contribution in [2.45, 2.75) is 6.54 Å². The Kier molecular flexibility index (Phi) is 4.96. The van der Waals surface area contributed by atoms with E-state index in [1.54, 1.807) is 4.90 Å². The van der Waals surface area contributed by atoms with Crippen molar-refractivity contribution in [2.75, 3.05) is 46.1 Å². The van der Waals surface area contributed by atoms with Gasteiger partial charge >= 0.3 is 0 Å². The third kappa shape index (κ3) is 3.68. The first kappa shape index (κ1) is 18.8. The molecule has 0 aliphatic carbocycles. The van der Waals surface area contributed by atoms with Crippen LogP contribution in [0.25, 0.3) is 0 Å². The van der Waals surface area contributed by atoms with Crippen LogP contribution in [0.4, 0.5) is 0 Å². The molecule has 0 N–H and O–H groups in total. The molecule has 1 aromatic heterocycles.